The van der Waals surface area contributed by atoms with Crippen molar-refractivity contribution < 1.29 is 9.59 Å². The molecule has 1 aliphatic heterocycles. The lowest BCUT2D eigenvalue weighted by Gasteiger charge is -2.35. The summed E-state index contributed by atoms with van der Waals surface area (Å²) >= 11 is 1.49. The highest BCUT2D eigenvalue weighted by Crippen LogP contribution is 2.49. The smallest absolute Gasteiger partial charge is 0.264 e. The minimum absolute atomic E-state index is 0.111. The van der Waals surface area contributed by atoms with Gasteiger partial charge < -0.3 is 9.80 Å². The number of piperazine rings is 1. The summed E-state index contributed by atoms with van der Waals surface area (Å²) in [5.74, 6) is 2.77. The molecule has 1 aromatic rings. The molecule has 0 aromatic carbocycles. The van der Waals surface area contributed by atoms with Gasteiger partial charge in [-0.15, -0.1) is 11.3 Å². The van der Waals surface area contributed by atoms with E-state index in [9.17, 15) is 9.59 Å². The molecule has 2 heterocycles. The fourth-order valence-electron chi connectivity index (χ4n) is 4.69. The van der Waals surface area contributed by atoms with E-state index in [2.05, 4.69) is 0 Å². The highest BCUT2D eigenvalue weighted by Gasteiger charge is 2.40. The first kappa shape index (κ1) is 15.2. The zero-order chi connectivity index (χ0) is 15.8. The minimum Gasteiger partial charge on any atom is -0.339 e. The van der Waals surface area contributed by atoms with Gasteiger partial charge in [-0.25, -0.2) is 0 Å². The summed E-state index contributed by atoms with van der Waals surface area (Å²) in [6.07, 6.45) is 6.10. The van der Waals surface area contributed by atoms with Gasteiger partial charge in [0.1, 0.15) is 0 Å². The standard InChI is InChI=1S/C18H24N2O2S/c21-17(12-15-11-13-3-4-14(15)10-13)19-5-7-20(8-6-19)18(22)16-2-1-9-23-16/h1-2,9,13-15H,3-8,10-12H2/t13-,14+,15+/m0/s1. The lowest BCUT2D eigenvalue weighted by atomic mass is 9.86. The molecule has 2 amide bonds. The molecular weight excluding hydrogens is 308 g/mol. The van der Waals surface area contributed by atoms with Crippen LogP contribution in [-0.2, 0) is 4.79 Å². The molecule has 0 spiro atoms. The Labute approximate surface area is 141 Å². The van der Waals surface area contributed by atoms with Crippen molar-refractivity contribution in [2.45, 2.75) is 32.1 Å². The zero-order valence-corrected chi connectivity index (χ0v) is 14.3. The Morgan fingerprint density at radius 2 is 1.87 bits per heavy atom. The van der Waals surface area contributed by atoms with E-state index < -0.39 is 0 Å². The van der Waals surface area contributed by atoms with Crippen LogP contribution >= 0.6 is 11.3 Å². The van der Waals surface area contributed by atoms with Crippen LogP contribution in [0.15, 0.2) is 17.5 Å². The molecule has 3 aliphatic rings. The molecule has 4 nitrogen and oxygen atoms in total. The number of thiophene rings is 1. The number of hydrogen-bond acceptors (Lipinski definition) is 3. The summed E-state index contributed by atoms with van der Waals surface area (Å²) in [6.45, 7) is 2.71. The average molecular weight is 332 g/mol. The van der Waals surface area contributed by atoms with E-state index in [1.54, 1.807) is 0 Å². The van der Waals surface area contributed by atoms with Crippen molar-refractivity contribution >= 4 is 23.2 Å². The highest BCUT2D eigenvalue weighted by atomic mass is 32.1. The largest absolute Gasteiger partial charge is 0.339 e. The van der Waals surface area contributed by atoms with Crippen LogP contribution in [0.1, 0.15) is 41.8 Å². The fourth-order valence-corrected chi connectivity index (χ4v) is 5.39. The van der Waals surface area contributed by atoms with Crippen LogP contribution in [0.25, 0.3) is 0 Å². The monoisotopic (exact) mass is 332 g/mol. The molecule has 3 atom stereocenters. The Hall–Kier alpha value is -1.36. The van der Waals surface area contributed by atoms with Gasteiger partial charge in [-0.2, -0.15) is 0 Å². The van der Waals surface area contributed by atoms with Crippen molar-refractivity contribution in [2.24, 2.45) is 17.8 Å². The molecule has 0 N–H and O–H groups in total. The van der Waals surface area contributed by atoms with E-state index in [0.29, 0.717) is 38.0 Å². The maximum Gasteiger partial charge on any atom is 0.264 e. The lowest BCUT2D eigenvalue weighted by molar-refractivity contribution is -0.134. The van der Waals surface area contributed by atoms with Crippen LogP contribution in [0, 0.1) is 17.8 Å². The maximum absolute atomic E-state index is 12.6. The predicted molar refractivity (Wildman–Crippen MR) is 90.4 cm³/mol. The Morgan fingerprint density at radius 1 is 1.09 bits per heavy atom. The van der Waals surface area contributed by atoms with Crippen molar-refractivity contribution in [3.8, 4) is 0 Å². The van der Waals surface area contributed by atoms with Crippen molar-refractivity contribution in [3.63, 3.8) is 0 Å². The van der Waals surface area contributed by atoms with Gasteiger partial charge in [-0.1, -0.05) is 12.5 Å². The van der Waals surface area contributed by atoms with Crippen molar-refractivity contribution in [2.75, 3.05) is 26.2 Å². The predicted octanol–water partition coefficient (Wildman–Crippen LogP) is 2.86. The highest BCUT2D eigenvalue weighted by molar-refractivity contribution is 7.12. The van der Waals surface area contributed by atoms with Gasteiger partial charge >= 0.3 is 0 Å². The Morgan fingerprint density at radius 3 is 2.48 bits per heavy atom. The molecular formula is C18H24N2O2S. The molecule has 124 valence electrons. The van der Waals surface area contributed by atoms with Gasteiger partial charge in [-0.3, -0.25) is 9.59 Å². The van der Waals surface area contributed by atoms with Crippen molar-refractivity contribution in [1.29, 1.82) is 0 Å². The number of amides is 2. The Kier molecular flexibility index (Phi) is 4.14. The molecule has 3 fully saturated rings. The number of carbonyl (C=O) groups excluding carboxylic acids is 2. The van der Waals surface area contributed by atoms with E-state index in [-0.39, 0.29) is 5.91 Å². The number of nitrogens with zero attached hydrogens (tertiary/aromatic N) is 2. The first-order valence-corrected chi connectivity index (χ1v) is 9.69. The van der Waals surface area contributed by atoms with Crippen molar-refractivity contribution in [1.82, 2.24) is 9.80 Å². The third kappa shape index (κ3) is 3.03. The summed E-state index contributed by atoms with van der Waals surface area (Å²) in [5, 5.41) is 1.93. The normalized spacial score (nSPS) is 30.0. The molecule has 1 saturated heterocycles. The summed E-state index contributed by atoms with van der Waals surface area (Å²) < 4.78 is 0. The maximum atomic E-state index is 12.6. The van der Waals surface area contributed by atoms with Gasteiger partial charge in [0.05, 0.1) is 4.88 Å². The topological polar surface area (TPSA) is 40.6 Å². The zero-order valence-electron chi connectivity index (χ0n) is 13.4. The van der Waals surface area contributed by atoms with Crippen LogP contribution in [0.5, 0.6) is 0 Å². The summed E-state index contributed by atoms with van der Waals surface area (Å²) in [4.78, 5) is 29.6. The molecule has 23 heavy (non-hydrogen) atoms. The van der Waals surface area contributed by atoms with E-state index in [1.807, 2.05) is 27.3 Å². The van der Waals surface area contributed by atoms with Crippen LogP contribution < -0.4 is 0 Å². The van der Waals surface area contributed by atoms with Crippen LogP contribution in [0.4, 0.5) is 0 Å². The van der Waals surface area contributed by atoms with E-state index >= 15 is 0 Å². The minimum atomic E-state index is 0.111. The second kappa shape index (κ2) is 6.27. The third-order valence-electron chi connectivity index (χ3n) is 5.97. The fraction of sp³-hybridized carbons (Fsp3) is 0.667. The van der Waals surface area contributed by atoms with Crippen molar-refractivity contribution in [3.05, 3.63) is 22.4 Å². The molecule has 2 saturated carbocycles. The first-order chi connectivity index (χ1) is 11.2. The van der Waals surface area contributed by atoms with Crippen LogP contribution in [0.2, 0.25) is 0 Å². The Balaban J connectivity index is 1.28. The van der Waals surface area contributed by atoms with Crippen LogP contribution in [0.3, 0.4) is 0 Å². The van der Waals surface area contributed by atoms with Gasteiger partial charge in [0, 0.05) is 32.6 Å². The number of hydrogen-bond donors (Lipinski definition) is 0. The second-order valence-corrected chi connectivity index (χ2v) is 8.24. The molecule has 0 radical (unpaired) electrons. The van der Waals surface area contributed by atoms with Gasteiger partial charge in [0.2, 0.25) is 5.91 Å². The second-order valence-electron chi connectivity index (χ2n) is 7.29. The van der Waals surface area contributed by atoms with Crippen LogP contribution in [-0.4, -0.2) is 47.8 Å². The number of carbonyl (C=O) groups is 2. The van der Waals surface area contributed by atoms with Gasteiger partial charge in [0.15, 0.2) is 0 Å². The van der Waals surface area contributed by atoms with Gasteiger partial charge in [-0.05, 0) is 48.5 Å². The lowest BCUT2D eigenvalue weighted by Crippen LogP contribution is -2.50. The molecule has 2 bridgehead atoms. The summed E-state index contributed by atoms with van der Waals surface area (Å²) in [5.41, 5.74) is 0. The quantitative estimate of drug-likeness (QED) is 0.854. The van der Waals surface area contributed by atoms with E-state index in [4.69, 9.17) is 0 Å². The van der Waals surface area contributed by atoms with Gasteiger partial charge in [0.25, 0.3) is 5.91 Å². The Bertz CT molecular complexity index is 578. The first-order valence-electron chi connectivity index (χ1n) is 8.81. The summed E-state index contributed by atoms with van der Waals surface area (Å²) in [7, 11) is 0. The average Bonchev–Trinajstić information content (AvgIpc) is 3.32. The molecule has 1 aromatic heterocycles. The SMILES string of the molecule is O=C(C[C@H]1C[C@H]2CC[C@@H]1C2)N1CCN(C(=O)c2cccs2)CC1. The van der Waals surface area contributed by atoms with E-state index in [0.717, 1.165) is 23.1 Å². The third-order valence-corrected chi connectivity index (χ3v) is 6.83. The number of fused-ring (bicyclic) bond motifs is 2. The number of rotatable bonds is 3. The molecule has 0 unspecified atom stereocenters. The van der Waals surface area contributed by atoms with E-state index in [1.165, 1.54) is 37.0 Å². The molecule has 2 aliphatic carbocycles. The molecule has 4 rings (SSSR count). The summed E-state index contributed by atoms with van der Waals surface area (Å²) in [6, 6.07) is 3.78. The molecule has 5 heteroatoms.